The molecule has 3 rings (SSSR count). The highest BCUT2D eigenvalue weighted by atomic mass is 32.2. The number of sulfonamides is 1. The summed E-state index contributed by atoms with van der Waals surface area (Å²) < 4.78 is 72.7. The Bertz CT molecular complexity index is 1480. The van der Waals surface area contributed by atoms with Crippen molar-refractivity contribution in [2.75, 3.05) is 26.1 Å². The number of anilines is 1. The Morgan fingerprint density at radius 3 is 2.32 bits per heavy atom. The molecule has 2 aromatic heterocycles. The Kier molecular flexibility index (Phi) is 7.55. The van der Waals surface area contributed by atoms with Gasteiger partial charge in [0.25, 0.3) is 5.91 Å². The first kappa shape index (κ1) is 27.5. The predicted molar refractivity (Wildman–Crippen MR) is 127 cm³/mol. The lowest BCUT2D eigenvalue weighted by molar-refractivity contribution is -0.137. The lowest BCUT2D eigenvalue weighted by Crippen LogP contribution is -2.42. The van der Waals surface area contributed by atoms with E-state index in [1.54, 1.807) is 12.1 Å². The minimum absolute atomic E-state index is 0.126. The molecular weight excluding hydrogens is 515 g/mol. The van der Waals surface area contributed by atoms with Crippen molar-refractivity contribution in [2.45, 2.75) is 18.0 Å². The monoisotopic (exact) mass is 537 g/mol. The number of aromatic nitrogens is 2. The number of imide groups is 1. The summed E-state index contributed by atoms with van der Waals surface area (Å²) in [6.07, 6.45) is -1.09. The van der Waals surface area contributed by atoms with E-state index in [1.165, 1.54) is 25.6 Å². The van der Waals surface area contributed by atoms with Crippen LogP contribution in [0.2, 0.25) is 0 Å². The Hall–Kier alpha value is -4.04. The number of methoxy groups -OCH3 is 1. The molecule has 10 nitrogen and oxygen atoms in total. The number of pyridine rings is 2. The Balaban J connectivity index is 2.32. The molecule has 0 atom stereocenters. The van der Waals surface area contributed by atoms with Gasteiger partial charge < -0.3 is 10.5 Å². The van der Waals surface area contributed by atoms with Crippen molar-refractivity contribution in [3.8, 4) is 17.0 Å². The van der Waals surface area contributed by atoms with Crippen molar-refractivity contribution in [1.29, 1.82) is 0 Å². The van der Waals surface area contributed by atoms with Crippen LogP contribution in [0, 0.1) is 6.92 Å². The molecule has 0 aliphatic heterocycles. The van der Waals surface area contributed by atoms with Gasteiger partial charge in [0.05, 0.1) is 29.5 Å². The van der Waals surface area contributed by atoms with Gasteiger partial charge in [0, 0.05) is 43.2 Å². The van der Waals surface area contributed by atoms with Gasteiger partial charge in [0.1, 0.15) is 0 Å². The summed E-state index contributed by atoms with van der Waals surface area (Å²) in [6.45, 7) is 1.16. The normalized spacial score (nSPS) is 11.9. The minimum atomic E-state index is -5.00. The highest BCUT2D eigenvalue weighted by molar-refractivity contribution is 7.89. The highest BCUT2D eigenvalue weighted by Gasteiger charge is 2.37. The maximum absolute atomic E-state index is 13.7. The second kappa shape index (κ2) is 10.1. The minimum Gasteiger partial charge on any atom is -0.481 e. The molecule has 0 spiro atoms. The third-order valence-electron chi connectivity index (χ3n) is 5.40. The average Bonchev–Trinajstić information content (AvgIpc) is 2.83. The van der Waals surface area contributed by atoms with Gasteiger partial charge in [0.2, 0.25) is 15.9 Å². The first-order chi connectivity index (χ1) is 17.2. The van der Waals surface area contributed by atoms with Crippen LogP contribution in [-0.4, -0.2) is 55.8 Å². The summed E-state index contributed by atoms with van der Waals surface area (Å²) in [4.78, 5) is 33.8. The third kappa shape index (κ3) is 5.24. The van der Waals surface area contributed by atoms with Crippen LogP contribution in [0.1, 0.15) is 21.5 Å². The van der Waals surface area contributed by atoms with E-state index in [-0.39, 0.29) is 22.7 Å². The molecule has 0 saturated heterocycles. The number of urea groups is 1. The Morgan fingerprint density at radius 2 is 1.76 bits per heavy atom. The number of carbonyl (C=O) groups excluding carboxylic acids is 2. The first-order valence-corrected chi connectivity index (χ1v) is 11.9. The fourth-order valence-corrected chi connectivity index (χ4v) is 4.70. The molecule has 0 fully saturated rings. The number of alkyl halides is 3. The van der Waals surface area contributed by atoms with Crippen LogP contribution in [0.3, 0.4) is 0 Å². The molecule has 2 heterocycles. The average molecular weight is 538 g/mol. The van der Waals surface area contributed by atoms with Gasteiger partial charge in [-0.3, -0.25) is 9.78 Å². The van der Waals surface area contributed by atoms with E-state index in [4.69, 9.17) is 10.5 Å². The number of nitrogens with two attached hydrogens (primary N) is 1. The summed E-state index contributed by atoms with van der Waals surface area (Å²) in [5.41, 5.74) is 3.48. The summed E-state index contributed by atoms with van der Waals surface area (Å²) in [6, 6.07) is 4.14. The van der Waals surface area contributed by atoms with Crippen LogP contribution in [0.15, 0.2) is 53.8 Å². The van der Waals surface area contributed by atoms with Crippen molar-refractivity contribution < 1.29 is 35.9 Å². The molecule has 0 unspecified atom stereocenters. The van der Waals surface area contributed by atoms with Crippen LogP contribution in [-0.2, 0) is 16.2 Å². The standard InChI is InChI=1S/C23H22F3N5O5S/c1-13-17(10-14(23(24,25)26)11-19(13)37(34,35)30(2)3)21(32)31(22(27)33)18-12-28-9-7-15(18)16-6-5-8-29-20(16)36-4/h5-12H,1-4H3,(H2,27,33). The Labute approximate surface area is 210 Å². The molecule has 0 radical (unpaired) electrons. The fourth-order valence-electron chi connectivity index (χ4n) is 3.54. The number of halogens is 3. The number of primary amides is 1. The van der Waals surface area contributed by atoms with Crippen LogP contribution < -0.4 is 15.4 Å². The number of ether oxygens (including phenoxy) is 1. The first-order valence-electron chi connectivity index (χ1n) is 10.4. The zero-order valence-corrected chi connectivity index (χ0v) is 20.9. The number of rotatable bonds is 6. The van der Waals surface area contributed by atoms with Gasteiger partial charge in [-0.2, -0.15) is 13.2 Å². The van der Waals surface area contributed by atoms with E-state index in [0.29, 0.717) is 26.9 Å². The number of carbonyl (C=O) groups is 2. The quantitative estimate of drug-likeness (QED) is 0.509. The molecule has 0 saturated carbocycles. The number of nitrogens with zero attached hydrogens (tertiary/aromatic N) is 4. The molecular formula is C23H22F3N5O5S. The van der Waals surface area contributed by atoms with Gasteiger partial charge >= 0.3 is 12.2 Å². The molecule has 2 N–H and O–H groups in total. The van der Waals surface area contributed by atoms with Crippen LogP contribution in [0.4, 0.5) is 23.7 Å². The second-order valence-electron chi connectivity index (χ2n) is 7.86. The zero-order chi connectivity index (χ0) is 27.7. The van der Waals surface area contributed by atoms with E-state index in [9.17, 15) is 31.2 Å². The van der Waals surface area contributed by atoms with Crippen molar-refractivity contribution in [3.05, 3.63) is 65.6 Å². The summed E-state index contributed by atoms with van der Waals surface area (Å²) in [7, 11) is -0.789. The van der Waals surface area contributed by atoms with E-state index in [0.717, 1.165) is 27.2 Å². The number of benzene rings is 1. The third-order valence-corrected chi connectivity index (χ3v) is 7.34. The largest absolute Gasteiger partial charge is 0.481 e. The van der Waals surface area contributed by atoms with Crippen LogP contribution in [0.25, 0.3) is 11.1 Å². The SMILES string of the molecule is COc1ncccc1-c1ccncc1N(C(N)=O)C(=O)c1cc(C(F)(F)F)cc(S(=O)(=O)N(C)C)c1C. The van der Waals surface area contributed by atoms with Gasteiger partial charge in [-0.15, -0.1) is 0 Å². The van der Waals surface area contributed by atoms with Crippen molar-refractivity contribution in [2.24, 2.45) is 5.73 Å². The van der Waals surface area contributed by atoms with Crippen molar-refractivity contribution in [1.82, 2.24) is 14.3 Å². The topological polar surface area (TPSA) is 136 Å². The van der Waals surface area contributed by atoms with Crippen LogP contribution >= 0.6 is 0 Å². The zero-order valence-electron chi connectivity index (χ0n) is 20.1. The molecule has 0 bridgehead atoms. The highest BCUT2D eigenvalue weighted by Crippen LogP contribution is 2.38. The van der Waals surface area contributed by atoms with Crippen LogP contribution in [0.5, 0.6) is 5.88 Å². The summed E-state index contributed by atoms with van der Waals surface area (Å²) >= 11 is 0. The fraction of sp³-hybridized carbons (Fsp3) is 0.217. The van der Waals surface area contributed by atoms with E-state index in [1.807, 2.05) is 0 Å². The maximum Gasteiger partial charge on any atom is 0.416 e. The summed E-state index contributed by atoms with van der Waals surface area (Å²) in [5.74, 6) is -1.16. The van der Waals surface area contributed by atoms with Gasteiger partial charge in [0.15, 0.2) is 0 Å². The molecule has 196 valence electrons. The van der Waals surface area contributed by atoms with E-state index >= 15 is 0 Å². The Morgan fingerprint density at radius 1 is 1.08 bits per heavy atom. The van der Waals surface area contributed by atoms with Crippen molar-refractivity contribution >= 4 is 27.6 Å². The predicted octanol–water partition coefficient (Wildman–Crippen LogP) is 3.46. The van der Waals surface area contributed by atoms with E-state index in [2.05, 4.69) is 9.97 Å². The second-order valence-corrected chi connectivity index (χ2v) is 9.98. The van der Waals surface area contributed by atoms with Gasteiger partial charge in [-0.05, 0) is 42.8 Å². The lowest BCUT2D eigenvalue weighted by atomic mass is 10.0. The lowest BCUT2D eigenvalue weighted by Gasteiger charge is -2.24. The molecule has 3 amide bonds. The number of hydrogen-bond acceptors (Lipinski definition) is 7. The van der Waals surface area contributed by atoms with Crippen molar-refractivity contribution in [3.63, 3.8) is 0 Å². The molecule has 1 aromatic carbocycles. The summed E-state index contributed by atoms with van der Waals surface area (Å²) in [5, 5.41) is 0. The van der Waals surface area contributed by atoms with Gasteiger partial charge in [-0.1, -0.05) is 0 Å². The maximum atomic E-state index is 13.7. The molecule has 0 aliphatic carbocycles. The molecule has 14 heteroatoms. The smallest absolute Gasteiger partial charge is 0.416 e. The van der Waals surface area contributed by atoms with E-state index < -0.39 is 44.2 Å². The number of amides is 3. The molecule has 37 heavy (non-hydrogen) atoms. The molecule has 3 aromatic rings. The number of hydrogen-bond donors (Lipinski definition) is 1. The molecule has 0 aliphatic rings. The van der Waals surface area contributed by atoms with Gasteiger partial charge in [-0.25, -0.2) is 27.4 Å².